The second kappa shape index (κ2) is 8.51. The first-order valence-corrected chi connectivity index (χ1v) is 11.6. The van der Waals surface area contributed by atoms with Crippen LogP contribution in [0.2, 0.25) is 0 Å². The van der Waals surface area contributed by atoms with Crippen molar-refractivity contribution in [3.8, 4) is 17.2 Å². The number of methoxy groups -OCH3 is 2. The van der Waals surface area contributed by atoms with Gasteiger partial charge in [-0.1, -0.05) is 18.2 Å². The molecule has 5 rings (SSSR count). The standard InChI is InChI=1S/C25H23FN2O4S/c1-31-16-11-12-19(20(13-16)32-2)28-23(29)22-17-8-4-6-10-21(17)33-24(22)27(25(28)30)14-15-7-3-5-9-18(15)26/h3,5,7,9,11-13H,4,6,8,10,14H2,1-2H3. The molecule has 6 nitrogen and oxygen atoms in total. The number of aryl methyl sites for hydroxylation is 2. The number of hydrogen-bond donors (Lipinski definition) is 0. The number of hydrogen-bond acceptors (Lipinski definition) is 5. The number of nitrogens with zero attached hydrogens (tertiary/aromatic N) is 2. The zero-order chi connectivity index (χ0) is 23.1. The van der Waals surface area contributed by atoms with Crippen molar-refractivity contribution in [3.05, 3.63) is 85.1 Å². The van der Waals surface area contributed by atoms with Gasteiger partial charge in [0.1, 0.15) is 22.1 Å². The van der Waals surface area contributed by atoms with E-state index in [-0.39, 0.29) is 12.1 Å². The lowest BCUT2D eigenvalue weighted by Gasteiger charge is -2.16. The monoisotopic (exact) mass is 466 g/mol. The van der Waals surface area contributed by atoms with Crippen LogP contribution in [0.3, 0.4) is 0 Å². The van der Waals surface area contributed by atoms with Crippen LogP contribution in [0, 0.1) is 5.82 Å². The average molecular weight is 467 g/mol. The van der Waals surface area contributed by atoms with Gasteiger partial charge in [0.25, 0.3) is 5.56 Å². The van der Waals surface area contributed by atoms with E-state index in [4.69, 9.17) is 9.47 Å². The van der Waals surface area contributed by atoms with E-state index in [1.807, 2.05) is 0 Å². The van der Waals surface area contributed by atoms with Crippen molar-refractivity contribution in [1.82, 2.24) is 9.13 Å². The highest BCUT2D eigenvalue weighted by atomic mass is 32.1. The minimum Gasteiger partial charge on any atom is -0.497 e. The molecule has 0 amide bonds. The summed E-state index contributed by atoms with van der Waals surface area (Å²) in [5.41, 5.74) is 0.822. The summed E-state index contributed by atoms with van der Waals surface area (Å²) in [5.74, 6) is 0.498. The van der Waals surface area contributed by atoms with Gasteiger partial charge in [-0.05, 0) is 49.4 Å². The average Bonchev–Trinajstić information content (AvgIpc) is 3.22. The lowest BCUT2D eigenvalue weighted by molar-refractivity contribution is 0.392. The van der Waals surface area contributed by atoms with E-state index in [0.29, 0.717) is 33.0 Å². The van der Waals surface area contributed by atoms with Crippen molar-refractivity contribution in [3.63, 3.8) is 0 Å². The molecule has 0 saturated heterocycles. The zero-order valence-corrected chi connectivity index (χ0v) is 19.2. The Labute approximate surface area is 193 Å². The Bertz CT molecular complexity index is 1480. The Balaban J connectivity index is 1.85. The van der Waals surface area contributed by atoms with Gasteiger partial charge < -0.3 is 9.47 Å². The predicted octanol–water partition coefficient (Wildman–Crippen LogP) is 4.30. The zero-order valence-electron chi connectivity index (χ0n) is 18.4. The summed E-state index contributed by atoms with van der Waals surface area (Å²) in [6.45, 7) is 0.0279. The summed E-state index contributed by atoms with van der Waals surface area (Å²) in [6.07, 6.45) is 3.73. The molecule has 8 heteroatoms. The fourth-order valence-electron chi connectivity index (χ4n) is 4.49. The number of benzene rings is 2. The minimum absolute atomic E-state index is 0.0279. The van der Waals surface area contributed by atoms with Crippen molar-refractivity contribution < 1.29 is 13.9 Å². The Hall–Kier alpha value is -3.39. The van der Waals surface area contributed by atoms with E-state index >= 15 is 0 Å². The third kappa shape index (κ3) is 3.54. The predicted molar refractivity (Wildman–Crippen MR) is 127 cm³/mol. The Kier molecular flexibility index (Phi) is 5.54. The highest BCUT2D eigenvalue weighted by Crippen LogP contribution is 2.35. The number of halogens is 1. The van der Waals surface area contributed by atoms with Crippen LogP contribution in [0.15, 0.2) is 52.1 Å². The first-order chi connectivity index (χ1) is 16.0. The molecule has 1 aliphatic carbocycles. The molecule has 0 aliphatic heterocycles. The molecule has 0 unspecified atom stereocenters. The SMILES string of the molecule is COc1ccc(-n2c(=O)c3c4c(sc3n(Cc3ccccc3F)c2=O)CCCC4)c(OC)c1. The molecular weight excluding hydrogens is 443 g/mol. The van der Waals surface area contributed by atoms with E-state index in [1.165, 1.54) is 36.2 Å². The number of ether oxygens (including phenoxy) is 2. The quantitative estimate of drug-likeness (QED) is 0.440. The summed E-state index contributed by atoms with van der Waals surface area (Å²) < 4.78 is 27.9. The van der Waals surface area contributed by atoms with Gasteiger partial charge in [0.2, 0.25) is 0 Å². The van der Waals surface area contributed by atoms with Crippen LogP contribution in [-0.4, -0.2) is 23.4 Å². The van der Waals surface area contributed by atoms with Crippen LogP contribution < -0.4 is 20.7 Å². The van der Waals surface area contributed by atoms with Crippen LogP contribution in [0.5, 0.6) is 11.5 Å². The Morgan fingerprint density at radius 3 is 2.58 bits per heavy atom. The summed E-state index contributed by atoms with van der Waals surface area (Å²) in [5, 5.41) is 0.545. The summed E-state index contributed by atoms with van der Waals surface area (Å²) >= 11 is 1.48. The van der Waals surface area contributed by atoms with E-state index in [1.54, 1.807) is 36.4 Å². The topological polar surface area (TPSA) is 62.5 Å². The van der Waals surface area contributed by atoms with Gasteiger partial charge >= 0.3 is 5.69 Å². The van der Waals surface area contributed by atoms with E-state index in [9.17, 15) is 14.0 Å². The summed E-state index contributed by atoms with van der Waals surface area (Å²) in [6, 6.07) is 11.3. The van der Waals surface area contributed by atoms with E-state index in [2.05, 4.69) is 0 Å². The van der Waals surface area contributed by atoms with Gasteiger partial charge in [-0.15, -0.1) is 11.3 Å². The molecule has 2 aromatic heterocycles. The molecule has 0 N–H and O–H groups in total. The maximum absolute atomic E-state index is 14.5. The van der Waals surface area contributed by atoms with Crippen LogP contribution >= 0.6 is 11.3 Å². The number of rotatable bonds is 5. The Morgan fingerprint density at radius 2 is 1.82 bits per heavy atom. The molecule has 0 spiro atoms. The van der Waals surface area contributed by atoms with Crippen molar-refractivity contribution in [2.45, 2.75) is 32.2 Å². The molecule has 0 radical (unpaired) electrons. The normalized spacial score (nSPS) is 13.2. The van der Waals surface area contributed by atoms with Crippen LogP contribution in [0.25, 0.3) is 15.9 Å². The fraction of sp³-hybridized carbons (Fsp3) is 0.280. The molecule has 0 fully saturated rings. The largest absolute Gasteiger partial charge is 0.497 e. The molecule has 33 heavy (non-hydrogen) atoms. The van der Waals surface area contributed by atoms with Crippen LogP contribution in [0.1, 0.15) is 28.8 Å². The molecule has 0 atom stereocenters. The molecule has 1 aliphatic rings. The van der Waals surface area contributed by atoms with Crippen LogP contribution in [0.4, 0.5) is 4.39 Å². The Morgan fingerprint density at radius 1 is 1.03 bits per heavy atom. The molecule has 2 heterocycles. The van der Waals surface area contributed by atoms with Crippen LogP contribution in [-0.2, 0) is 19.4 Å². The highest BCUT2D eigenvalue weighted by Gasteiger charge is 2.25. The maximum atomic E-state index is 14.5. The van der Waals surface area contributed by atoms with Crippen molar-refractivity contribution in [2.75, 3.05) is 14.2 Å². The maximum Gasteiger partial charge on any atom is 0.337 e. The second-order valence-electron chi connectivity index (χ2n) is 8.03. The van der Waals surface area contributed by atoms with Gasteiger partial charge in [0, 0.05) is 16.5 Å². The molecule has 2 aromatic carbocycles. The van der Waals surface area contributed by atoms with Crippen molar-refractivity contribution in [2.24, 2.45) is 0 Å². The molecule has 0 saturated carbocycles. The third-order valence-electron chi connectivity index (χ3n) is 6.15. The van der Waals surface area contributed by atoms with Crippen molar-refractivity contribution >= 4 is 21.6 Å². The highest BCUT2D eigenvalue weighted by molar-refractivity contribution is 7.18. The summed E-state index contributed by atoms with van der Waals surface area (Å²) in [7, 11) is 3.01. The van der Waals surface area contributed by atoms with Crippen molar-refractivity contribution in [1.29, 1.82) is 0 Å². The minimum atomic E-state index is -0.530. The smallest absolute Gasteiger partial charge is 0.337 e. The van der Waals surface area contributed by atoms with Gasteiger partial charge in [-0.2, -0.15) is 0 Å². The lowest BCUT2D eigenvalue weighted by Crippen LogP contribution is -2.39. The van der Waals surface area contributed by atoms with Gasteiger partial charge in [-0.3, -0.25) is 9.36 Å². The third-order valence-corrected chi connectivity index (χ3v) is 7.47. The fourth-order valence-corrected chi connectivity index (χ4v) is 5.86. The number of thiophene rings is 1. The van der Waals surface area contributed by atoms with Gasteiger partial charge in [-0.25, -0.2) is 13.8 Å². The molecular formula is C25H23FN2O4S. The number of aromatic nitrogens is 2. The molecule has 0 bridgehead atoms. The molecule has 4 aromatic rings. The first-order valence-electron chi connectivity index (χ1n) is 10.8. The van der Waals surface area contributed by atoms with E-state index in [0.717, 1.165) is 40.7 Å². The van der Waals surface area contributed by atoms with Gasteiger partial charge in [0.05, 0.1) is 31.8 Å². The molecule has 170 valence electrons. The lowest BCUT2D eigenvalue weighted by atomic mass is 9.97. The first kappa shape index (κ1) is 21.5. The van der Waals surface area contributed by atoms with E-state index < -0.39 is 11.5 Å². The number of fused-ring (bicyclic) bond motifs is 3. The van der Waals surface area contributed by atoms with Gasteiger partial charge in [0.15, 0.2) is 0 Å². The summed E-state index contributed by atoms with van der Waals surface area (Å²) in [4.78, 5) is 29.3. The second-order valence-corrected chi connectivity index (χ2v) is 9.11.